The summed E-state index contributed by atoms with van der Waals surface area (Å²) >= 11 is 0. The van der Waals surface area contributed by atoms with Crippen LogP contribution in [-0.4, -0.2) is 22.9 Å². The molecule has 2 aliphatic carbocycles. The van der Waals surface area contributed by atoms with E-state index in [1.54, 1.807) is 0 Å². The molecule has 1 aromatic carbocycles. The number of carbonyl (C=O) groups is 1. The second kappa shape index (κ2) is 8.97. The van der Waals surface area contributed by atoms with Crippen LogP contribution in [-0.2, 0) is 18.5 Å². The molecule has 2 aliphatic rings. The van der Waals surface area contributed by atoms with E-state index in [-0.39, 0.29) is 11.3 Å². The summed E-state index contributed by atoms with van der Waals surface area (Å²) in [7, 11) is 0. The molecule has 4 heteroatoms. The lowest BCUT2D eigenvalue weighted by molar-refractivity contribution is 0.0913. The number of benzene rings is 1. The summed E-state index contributed by atoms with van der Waals surface area (Å²) in [6.45, 7) is 8.43. The van der Waals surface area contributed by atoms with Gasteiger partial charge in [0.25, 0.3) is 5.91 Å². The van der Waals surface area contributed by atoms with Crippen molar-refractivity contribution in [1.82, 2.24) is 10.2 Å². The van der Waals surface area contributed by atoms with Crippen LogP contribution in [0.4, 0.5) is 0 Å². The second-order valence-corrected chi connectivity index (χ2v) is 10.2. The Morgan fingerprint density at radius 1 is 0.967 bits per heavy atom. The molecule has 2 saturated carbocycles. The van der Waals surface area contributed by atoms with E-state index in [0.717, 1.165) is 31.7 Å². The molecule has 0 unspecified atom stereocenters. The van der Waals surface area contributed by atoms with Crippen molar-refractivity contribution in [2.24, 2.45) is 0 Å². The fourth-order valence-corrected chi connectivity index (χ4v) is 4.37. The summed E-state index contributed by atoms with van der Waals surface area (Å²) < 4.78 is 5.94. The Morgan fingerprint density at radius 3 is 2.30 bits per heavy atom. The smallest absolute Gasteiger partial charge is 0.287 e. The summed E-state index contributed by atoms with van der Waals surface area (Å²) in [4.78, 5) is 14.8. The van der Waals surface area contributed by atoms with Crippen molar-refractivity contribution in [2.45, 2.75) is 96.3 Å². The second-order valence-electron chi connectivity index (χ2n) is 10.2. The van der Waals surface area contributed by atoms with Gasteiger partial charge in [-0.05, 0) is 54.4 Å². The van der Waals surface area contributed by atoms with Crippen molar-refractivity contribution < 1.29 is 9.21 Å². The van der Waals surface area contributed by atoms with Crippen molar-refractivity contribution >= 4 is 5.91 Å². The number of nitrogens with zero attached hydrogens (tertiary/aromatic N) is 1. The Kier molecular flexibility index (Phi) is 6.33. The Hall–Kier alpha value is -2.07. The van der Waals surface area contributed by atoms with Gasteiger partial charge in [-0.3, -0.25) is 9.69 Å². The predicted octanol–water partition coefficient (Wildman–Crippen LogP) is 5.80. The lowest BCUT2D eigenvalue weighted by Gasteiger charge is -2.34. The van der Waals surface area contributed by atoms with Crippen molar-refractivity contribution in [1.29, 1.82) is 0 Å². The zero-order chi connectivity index (χ0) is 21.1. The van der Waals surface area contributed by atoms with E-state index in [4.69, 9.17) is 4.42 Å². The molecule has 2 fully saturated rings. The van der Waals surface area contributed by atoms with Crippen LogP contribution < -0.4 is 5.32 Å². The lowest BCUT2D eigenvalue weighted by Crippen LogP contribution is -2.35. The predicted molar refractivity (Wildman–Crippen MR) is 120 cm³/mol. The highest BCUT2D eigenvalue weighted by molar-refractivity contribution is 5.91. The molecule has 0 atom stereocenters. The molecule has 0 aliphatic heterocycles. The first-order valence-corrected chi connectivity index (χ1v) is 11.6. The maximum atomic E-state index is 12.3. The molecular formula is C26H36N2O2. The molecule has 0 bridgehead atoms. The van der Waals surface area contributed by atoms with Gasteiger partial charge in [0.15, 0.2) is 5.76 Å². The van der Waals surface area contributed by atoms with Crippen molar-refractivity contribution in [3.8, 4) is 0 Å². The van der Waals surface area contributed by atoms with E-state index in [2.05, 4.69) is 55.3 Å². The number of carbonyl (C=O) groups excluding carboxylic acids is 1. The highest BCUT2D eigenvalue weighted by Gasteiger charge is 2.26. The van der Waals surface area contributed by atoms with Gasteiger partial charge in [-0.25, -0.2) is 0 Å². The Morgan fingerprint density at radius 2 is 1.67 bits per heavy atom. The minimum atomic E-state index is -0.0780. The largest absolute Gasteiger partial charge is 0.455 e. The number of nitrogens with one attached hydrogen (secondary N) is 1. The molecule has 0 spiro atoms. The molecule has 1 amide bonds. The zero-order valence-electron chi connectivity index (χ0n) is 18.7. The van der Waals surface area contributed by atoms with Crippen molar-refractivity contribution in [2.75, 3.05) is 0 Å². The summed E-state index contributed by atoms with van der Waals surface area (Å²) in [5.41, 5.74) is 2.88. The molecule has 30 heavy (non-hydrogen) atoms. The van der Waals surface area contributed by atoms with Gasteiger partial charge in [0, 0.05) is 18.6 Å². The van der Waals surface area contributed by atoms with Crippen LogP contribution in [0.5, 0.6) is 0 Å². The van der Waals surface area contributed by atoms with Crippen LogP contribution in [0.1, 0.15) is 93.2 Å². The van der Waals surface area contributed by atoms with Gasteiger partial charge in [-0.2, -0.15) is 0 Å². The minimum Gasteiger partial charge on any atom is -0.455 e. The average Bonchev–Trinajstić information content (AvgIpc) is 3.42. The molecule has 162 valence electrons. The number of furan rings is 1. The molecule has 0 radical (unpaired) electrons. The van der Waals surface area contributed by atoms with Gasteiger partial charge in [0.05, 0.1) is 6.54 Å². The molecular weight excluding hydrogens is 372 g/mol. The molecule has 1 N–H and O–H groups in total. The van der Waals surface area contributed by atoms with Gasteiger partial charge in [0.2, 0.25) is 0 Å². The highest BCUT2D eigenvalue weighted by atomic mass is 16.4. The van der Waals surface area contributed by atoms with Gasteiger partial charge >= 0.3 is 0 Å². The fourth-order valence-electron chi connectivity index (χ4n) is 4.37. The lowest BCUT2D eigenvalue weighted by atomic mass is 9.86. The van der Waals surface area contributed by atoms with E-state index < -0.39 is 0 Å². The molecule has 0 saturated heterocycles. The van der Waals surface area contributed by atoms with Gasteiger partial charge in [-0.1, -0.05) is 64.3 Å². The summed E-state index contributed by atoms with van der Waals surface area (Å²) in [5, 5.41) is 3.01. The van der Waals surface area contributed by atoms with E-state index in [1.807, 2.05) is 12.1 Å². The summed E-state index contributed by atoms with van der Waals surface area (Å²) in [6, 6.07) is 13.8. The fraction of sp³-hybridized carbons (Fsp3) is 0.577. The number of hydrogen-bond donors (Lipinski definition) is 1. The third kappa shape index (κ3) is 5.54. The molecule has 4 nitrogen and oxygen atoms in total. The number of rotatable bonds is 7. The van der Waals surface area contributed by atoms with Crippen LogP contribution in [0.3, 0.4) is 0 Å². The van der Waals surface area contributed by atoms with E-state index in [0.29, 0.717) is 17.8 Å². The van der Waals surface area contributed by atoms with Crippen molar-refractivity contribution in [3.63, 3.8) is 0 Å². The zero-order valence-corrected chi connectivity index (χ0v) is 18.7. The normalized spacial score (nSPS) is 18.0. The SMILES string of the molecule is CC(C)(C)c1ccc(CN(Cc2ccc(C(=O)NC3CC3)o2)C2CCCCC2)cc1. The minimum absolute atomic E-state index is 0.0780. The van der Waals surface area contributed by atoms with Gasteiger partial charge < -0.3 is 9.73 Å². The maximum absolute atomic E-state index is 12.3. The molecule has 1 heterocycles. The van der Waals surface area contributed by atoms with Crippen LogP contribution >= 0.6 is 0 Å². The summed E-state index contributed by atoms with van der Waals surface area (Å²) in [5.74, 6) is 1.24. The van der Waals surface area contributed by atoms with E-state index in [9.17, 15) is 4.79 Å². The molecule has 4 rings (SSSR count). The Balaban J connectivity index is 1.46. The van der Waals surface area contributed by atoms with E-state index >= 15 is 0 Å². The van der Waals surface area contributed by atoms with Gasteiger partial charge in [0.1, 0.15) is 5.76 Å². The van der Waals surface area contributed by atoms with Crippen LogP contribution in [0, 0.1) is 0 Å². The van der Waals surface area contributed by atoms with Gasteiger partial charge in [-0.15, -0.1) is 0 Å². The first-order valence-electron chi connectivity index (χ1n) is 11.6. The number of amides is 1. The Bertz CT molecular complexity index is 837. The summed E-state index contributed by atoms with van der Waals surface area (Å²) in [6.07, 6.45) is 8.61. The van der Waals surface area contributed by atoms with E-state index in [1.165, 1.54) is 43.2 Å². The third-order valence-corrected chi connectivity index (χ3v) is 6.45. The molecule has 1 aromatic heterocycles. The first kappa shape index (κ1) is 21.2. The highest BCUT2D eigenvalue weighted by Crippen LogP contribution is 2.28. The number of hydrogen-bond acceptors (Lipinski definition) is 3. The Labute approximate surface area is 181 Å². The molecule has 2 aromatic rings. The van der Waals surface area contributed by atoms with Crippen molar-refractivity contribution in [3.05, 3.63) is 59.0 Å². The first-order chi connectivity index (χ1) is 14.4. The van der Waals surface area contributed by atoms with Crippen LogP contribution in [0.2, 0.25) is 0 Å². The topological polar surface area (TPSA) is 45.5 Å². The average molecular weight is 409 g/mol. The van der Waals surface area contributed by atoms with Crippen LogP contribution in [0.15, 0.2) is 40.8 Å². The third-order valence-electron chi connectivity index (χ3n) is 6.45. The standard InChI is InChI=1S/C26H36N2O2/c1-26(2,3)20-11-9-19(10-12-20)17-28(22-7-5-4-6-8-22)18-23-15-16-24(30-23)25(29)27-21-13-14-21/h9-12,15-16,21-22H,4-8,13-14,17-18H2,1-3H3,(H,27,29). The quantitative estimate of drug-likeness (QED) is 0.629. The monoisotopic (exact) mass is 408 g/mol. The maximum Gasteiger partial charge on any atom is 0.287 e. The van der Waals surface area contributed by atoms with Crippen LogP contribution in [0.25, 0.3) is 0 Å².